The number of pyridine rings is 1. The van der Waals surface area contributed by atoms with Gasteiger partial charge in [-0.15, -0.1) is 10.2 Å². The van der Waals surface area contributed by atoms with Gasteiger partial charge in [0.25, 0.3) is 11.1 Å². The van der Waals surface area contributed by atoms with Crippen molar-refractivity contribution in [3.8, 4) is 28.6 Å². The number of nitrogens with zero attached hydrogens (tertiary/aromatic N) is 3. The Morgan fingerprint density at radius 1 is 0.848 bits per heavy atom. The molecule has 0 radical (unpaired) electrons. The van der Waals surface area contributed by atoms with E-state index in [4.69, 9.17) is 9.40 Å². The van der Waals surface area contributed by atoms with E-state index < -0.39 is 0 Å². The van der Waals surface area contributed by atoms with Crippen molar-refractivity contribution in [2.24, 2.45) is 0 Å². The predicted octanol–water partition coefficient (Wildman–Crippen LogP) is 6.43. The predicted molar refractivity (Wildman–Crippen MR) is 130 cm³/mol. The SMILES string of the molecule is Oc1cccc(-c2nc(-c3nnc(SCc4ccccc4)o3)cc3c2[nH]c2ccccc23)c1. The summed E-state index contributed by atoms with van der Waals surface area (Å²) >= 11 is 1.49. The van der Waals surface area contributed by atoms with Crippen molar-refractivity contribution in [1.29, 1.82) is 0 Å². The molecule has 6 aromatic rings. The van der Waals surface area contributed by atoms with E-state index in [0.29, 0.717) is 22.5 Å². The molecule has 3 heterocycles. The van der Waals surface area contributed by atoms with E-state index in [1.807, 2.05) is 48.5 Å². The number of aromatic amines is 1. The Balaban J connectivity index is 1.45. The van der Waals surface area contributed by atoms with Crippen molar-refractivity contribution in [2.45, 2.75) is 11.0 Å². The maximum absolute atomic E-state index is 10.0. The summed E-state index contributed by atoms with van der Waals surface area (Å²) in [5, 5.41) is 21.1. The molecule has 0 saturated carbocycles. The van der Waals surface area contributed by atoms with E-state index in [9.17, 15) is 5.11 Å². The van der Waals surface area contributed by atoms with Gasteiger partial charge in [-0.25, -0.2) is 4.98 Å². The molecule has 0 atom stereocenters. The zero-order valence-corrected chi connectivity index (χ0v) is 18.2. The smallest absolute Gasteiger partial charge is 0.277 e. The highest BCUT2D eigenvalue weighted by molar-refractivity contribution is 7.98. The summed E-state index contributed by atoms with van der Waals surface area (Å²) in [5.41, 5.74) is 5.19. The first kappa shape index (κ1) is 19.6. The molecule has 7 heteroatoms. The molecule has 0 aliphatic rings. The molecule has 0 spiro atoms. The number of thioether (sulfide) groups is 1. The van der Waals surface area contributed by atoms with Gasteiger partial charge in [-0.1, -0.05) is 72.4 Å². The van der Waals surface area contributed by atoms with Gasteiger partial charge in [0, 0.05) is 27.6 Å². The molecule has 6 rings (SSSR count). The van der Waals surface area contributed by atoms with Crippen molar-refractivity contribution in [3.63, 3.8) is 0 Å². The maximum Gasteiger partial charge on any atom is 0.277 e. The van der Waals surface area contributed by atoms with Gasteiger partial charge >= 0.3 is 0 Å². The Labute approximate surface area is 193 Å². The van der Waals surface area contributed by atoms with Crippen molar-refractivity contribution >= 4 is 33.6 Å². The van der Waals surface area contributed by atoms with Crippen LogP contribution in [0, 0.1) is 0 Å². The van der Waals surface area contributed by atoms with Crippen LogP contribution in [0.2, 0.25) is 0 Å². The summed E-state index contributed by atoms with van der Waals surface area (Å²) in [7, 11) is 0. The molecule has 0 saturated heterocycles. The Morgan fingerprint density at radius 3 is 2.58 bits per heavy atom. The lowest BCUT2D eigenvalue weighted by molar-refractivity contribution is 0.464. The van der Waals surface area contributed by atoms with Crippen molar-refractivity contribution in [2.75, 3.05) is 0 Å². The van der Waals surface area contributed by atoms with Crippen molar-refractivity contribution < 1.29 is 9.52 Å². The monoisotopic (exact) mass is 450 g/mol. The molecule has 0 bridgehead atoms. The Bertz CT molecular complexity index is 1590. The number of phenolic OH excluding ortho intramolecular Hbond substituents is 1. The topological polar surface area (TPSA) is 87.8 Å². The van der Waals surface area contributed by atoms with Crippen LogP contribution >= 0.6 is 11.8 Å². The number of H-pyrrole nitrogens is 1. The van der Waals surface area contributed by atoms with Crippen LogP contribution in [-0.2, 0) is 5.75 Å². The molecule has 0 aliphatic heterocycles. The summed E-state index contributed by atoms with van der Waals surface area (Å²) < 4.78 is 5.96. The highest BCUT2D eigenvalue weighted by Crippen LogP contribution is 2.36. The number of nitrogens with one attached hydrogen (secondary N) is 1. The molecule has 160 valence electrons. The molecular weight excluding hydrogens is 432 g/mol. The lowest BCUT2D eigenvalue weighted by Crippen LogP contribution is -1.91. The average Bonchev–Trinajstić information content (AvgIpc) is 3.48. The summed E-state index contributed by atoms with van der Waals surface area (Å²) in [4.78, 5) is 8.33. The molecule has 0 aliphatic carbocycles. The highest BCUT2D eigenvalue weighted by Gasteiger charge is 2.18. The molecule has 0 fully saturated rings. The fourth-order valence-corrected chi connectivity index (χ4v) is 4.63. The van der Waals surface area contributed by atoms with E-state index in [0.717, 1.165) is 33.1 Å². The first-order valence-electron chi connectivity index (χ1n) is 10.5. The fraction of sp³-hybridized carbons (Fsp3) is 0.0385. The van der Waals surface area contributed by atoms with Gasteiger partial charge in [-0.3, -0.25) is 0 Å². The molecule has 6 nitrogen and oxygen atoms in total. The largest absolute Gasteiger partial charge is 0.508 e. The fourth-order valence-electron chi connectivity index (χ4n) is 3.91. The number of fused-ring (bicyclic) bond motifs is 3. The first-order valence-corrected chi connectivity index (χ1v) is 11.4. The van der Waals surface area contributed by atoms with E-state index in [2.05, 4.69) is 33.4 Å². The van der Waals surface area contributed by atoms with Crippen LogP contribution < -0.4 is 0 Å². The Morgan fingerprint density at radius 2 is 1.70 bits per heavy atom. The van der Waals surface area contributed by atoms with E-state index in [-0.39, 0.29) is 5.75 Å². The second-order valence-corrected chi connectivity index (χ2v) is 8.57. The summed E-state index contributed by atoms with van der Waals surface area (Å²) in [6.07, 6.45) is 0. The van der Waals surface area contributed by atoms with Crippen LogP contribution in [0.3, 0.4) is 0 Å². The summed E-state index contributed by atoms with van der Waals surface area (Å²) in [5.74, 6) is 1.28. The molecule has 0 unspecified atom stereocenters. The average molecular weight is 451 g/mol. The third-order valence-electron chi connectivity index (χ3n) is 5.45. The van der Waals surface area contributed by atoms with Gasteiger partial charge in [0.15, 0.2) is 0 Å². The summed E-state index contributed by atoms with van der Waals surface area (Å²) in [6, 6.07) is 27.3. The third kappa shape index (κ3) is 3.72. The minimum absolute atomic E-state index is 0.182. The van der Waals surface area contributed by atoms with E-state index in [1.54, 1.807) is 18.2 Å². The van der Waals surface area contributed by atoms with E-state index >= 15 is 0 Å². The molecular formula is C26H18N4O2S. The zero-order valence-electron chi connectivity index (χ0n) is 17.4. The number of phenols is 1. The van der Waals surface area contributed by atoms with Gasteiger partial charge < -0.3 is 14.5 Å². The van der Waals surface area contributed by atoms with Gasteiger partial charge in [0.1, 0.15) is 11.4 Å². The lowest BCUT2D eigenvalue weighted by Gasteiger charge is -2.06. The number of rotatable bonds is 5. The first-order chi connectivity index (χ1) is 16.2. The molecule has 33 heavy (non-hydrogen) atoms. The Kier molecular flexibility index (Phi) is 4.81. The van der Waals surface area contributed by atoms with Crippen LogP contribution in [0.15, 0.2) is 94.6 Å². The molecule has 3 aromatic heterocycles. The second kappa shape index (κ2) is 8.11. The standard InChI is InChI=1S/C26H18N4O2S/c31-18-10-6-9-17(13-18)23-24-20(19-11-4-5-12-21(19)27-24)14-22(28-23)25-29-30-26(32-25)33-15-16-7-2-1-3-8-16/h1-14,27,31H,15H2. The minimum atomic E-state index is 0.182. The van der Waals surface area contributed by atoms with Crippen LogP contribution in [0.4, 0.5) is 0 Å². The summed E-state index contributed by atoms with van der Waals surface area (Å²) in [6.45, 7) is 0. The number of aromatic hydroxyl groups is 1. The lowest BCUT2D eigenvalue weighted by atomic mass is 10.1. The number of hydrogen-bond donors (Lipinski definition) is 2. The molecule has 2 N–H and O–H groups in total. The quantitative estimate of drug-likeness (QED) is 0.294. The number of benzene rings is 3. The Hall–Kier alpha value is -4.10. The van der Waals surface area contributed by atoms with Crippen molar-refractivity contribution in [1.82, 2.24) is 20.2 Å². The molecule has 3 aromatic carbocycles. The van der Waals surface area contributed by atoms with Crippen LogP contribution in [0.25, 0.3) is 44.6 Å². The molecule has 0 amide bonds. The van der Waals surface area contributed by atoms with Crippen LogP contribution in [-0.4, -0.2) is 25.3 Å². The van der Waals surface area contributed by atoms with Gasteiger partial charge in [-0.05, 0) is 29.8 Å². The van der Waals surface area contributed by atoms with Crippen molar-refractivity contribution in [3.05, 3.63) is 90.5 Å². The normalized spacial score (nSPS) is 11.4. The highest BCUT2D eigenvalue weighted by atomic mass is 32.2. The van der Waals surface area contributed by atoms with Gasteiger partial charge in [0.2, 0.25) is 0 Å². The minimum Gasteiger partial charge on any atom is -0.508 e. The van der Waals surface area contributed by atoms with Gasteiger partial charge in [0.05, 0.1) is 11.2 Å². The zero-order chi connectivity index (χ0) is 22.2. The second-order valence-electron chi connectivity index (χ2n) is 7.65. The van der Waals surface area contributed by atoms with Crippen LogP contribution in [0.1, 0.15) is 5.56 Å². The van der Waals surface area contributed by atoms with Gasteiger partial charge in [-0.2, -0.15) is 0 Å². The third-order valence-corrected chi connectivity index (χ3v) is 6.34. The number of hydrogen-bond acceptors (Lipinski definition) is 6. The number of para-hydroxylation sites is 1. The number of aromatic nitrogens is 4. The van der Waals surface area contributed by atoms with E-state index in [1.165, 1.54) is 17.3 Å². The van der Waals surface area contributed by atoms with Crippen LogP contribution in [0.5, 0.6) is 5.75 Å². The maximum atomic E-state index is 10.0.